The zero-order chi connectivity index (χ0) is 13.1. The van der Waals surface area contributed by atoms with Crippen LogP contribution in [-0.4, -0.2) is 19.2 Å². The van der Waals surface area contributed by atoms with Gasteiger partial charge in [-0.1, -0.05) is 30.3 Å². The minimum Gasteiger partial charge on any atom is -0.490 e. The number of hydrogen-bond donors (Lipinski definition) is 1. The van der Waals surface area contributed by atoms with E-state index >= 15 is 0 Å². The third kappa shape index (κ3) is 2.38. The Morgan fingerprint density at radius 3 is 2.63 bits per heavy atom. The van der Waals surface area contributed by atoms with E-state index in [9.17, 15) is 4.79 Å². The van der Waals surface area contributed by atoms with Gasteiger partial charge in [0.1, 0.15) is 12.4 Å². The molecule has 0 atom stereocenters. The fraction of sp³-hybridized carbons (Fsp3) is 0.133. The van der Waals surface area contributed by atoms with Crippen LogP contribution in [0.2, 0.25) is 0 Å². The number of urea groups is 1. The number of rotatable bonds is 1. The maximum Gasteiger partial charge on any atom is 0.326 e. The zero-order valence-corrected chi connectivity index (χ0v) is 10.4. The van der Waals surface area contributed by atoms with Gasteiger partial charge in [0.15, 0.2) is 0 Å². The number of nitrogens with zero attached hydrogens (tertiary/aromatic N) is 1. The molecule has 0 bridgehead atoms. The molecule has 96 valence electrons. The SMILES string of the molecule is O=C(Nc1ccccc1)N1CCOc2ccccc21. The molecular weight excluding hydrogens is 240 g/mol. The molecule has 0 spiro atoms. The number of fused-ring (bicyclic) bond motifs is 1. The summed E-state index contributed by atoms with van der Waals surface area (Å²) in [4.78, 5) is 14.0. The topological polar surface area (TPSA) is 41.6 Å². The van der Waals surface area contributed by atoms with Crippen LogP contribution in [-0.2, 0) is 0 Å². The molecule has 0 radical (unpaired) electrons. The summed E-state index contributed by atoms with van der Waals surface area (Å²) < 4.78 is 5.53. The van der Waals surface area contributed by atoms with E-state index in [0.29, 0.717) is 13.2 Å². The van der Waals surface area contributed by atoms with Gasteiger partial charge in [-0.25, -0.2) is 4.79 Å². The van der Waals surface area contributed by atoms with Crippen LogP contribution in [0.5, 0.6) is 5.75 Å². The summed E-state index contributed by atoms with van der Waals surface area (Å²) in [5.41, 5.74) is 1.60. The van der Waals surface area contributed by atoms with Crippen molar-refractivity contribution in [3.8, 4) is 5.75 Å². The van der Waals surface area contributed by atoms with Gasteiger partial charge < -0.3 is 10.1 Å². The fourth-order valence-electron chi connectivity index (χ4n) is 2.09. The molecule has 4 heteroatoms. The standard InChI is InChI=1S/C15H14N2O2/c18-15(16-12-6-2-1-3-7-12)17-10-11-19-14-9-5-4-8-13(14)17/h1-9H,10-11H2,(H,16,18). The third-order valence-electron chi connectivity index (χ3n) is 3.00. The summed E-state index contributed by atoms with van der Waals surface area (Å²) in [7, 11) is 0. The summed E-state index contributed by atoms with van der Waals surface area (Å²) in [6.45, 7) is 1.06. The van der Waals surface area contributed by atoms with Crippen LogP contribution in [0, 0.1) is 0 Å². The first-order valence-electron chi connectivity index (χ1n) is 6.20. The molecule has 0 saturated carbocycles. The molecule has 2 aromatic carbocycles. The van der Waals surface area contributed by atoms with Gasteiger partial charge in [-0.15, -0.1) is 0 Å². The number of benzene rings is 2. The van der Waals surface area contributed by atoms with E-state index in [-0.39, 0.29) is 6.03 Å². The van der Waals surface area contributed by atoms with E-state index in [0.717, 1.165) is 17.1 Å². The highest BCUT2D eigenvalue weighted by Gasteiger charge is 2.23. The van der Waals surface area contributed by atoms with Crippen LogP contribution in [0.15, 0.2) is 54.6 Å². The Hall–Kier alpha value is -2.49. The summed E-state index contributed by atoms with van der Waals surface area (Å²) in [6.07, 6.45) is 0. The smallest absolute Gasteiger partial charge is 0.326 e. The molecule has 1 aliphatic rings. The molecule has 0 aliphatic carbocycles. The normalized spacial score (nSPS) is 13.4. The molecule has 1 N–H and O–H groups in total. The molecule has 4 nitrogen and oxygen atoms in total. The van der Waals surface area contributed by atoms with Crippen LogP contribution in [0.3, 0.4) is 0 Å². The second-order valence-corrected chi connectivity index (χ2v) is 4.26. The second kappa shape index (κ2) is 5.02. The van der Waals surface area contributed by atoms with Crippen molar-refractivity contribution in [1.82, 2.24) is 0 Å². The summed E-state index contributed by atoms with van der Waals surface area (Å²) in [6, 6.07) is 16.9. The fourth-order valence-corrected chi connectivity index (χ4v) is 2.09. The van der Waals surface area contributed by atoms with Gasteiger partial charge in [0.2, 0.25) is 0 Å². The van der Waals surface area contributed by atoms with Gasteiger partial charge in [-0.05, 0) is 24.3 Å². The lowest BCUT2D eigenvalue weighted by Gasteiger charge is -2.29. The lowest BCUT2D eigenvalue weighted by Crippen LogP contribution is -2.40. The largest absolute Gasteiger partial charge is 0.490 e. The number of ether oxygens (including phenoxy) is 1. The number of hydrogen-bond acceptors (Lipinski definition) is 2. The Morgan fingerprint density at radius 2 is 1.79 bits per heavy atom. The van der Waals surface area contributed by atoms with Crippen molar-refractivity contribution in [2.24, 2.45) is 0 Å². The third-order valence-corrected chi connectivity index (χ3v) is 3.00. The van der Waals surface area contributed by atoms with E-state index < -0.39 is 0 Å². The first-order chi connectivity index (χ1) is 9.34. The number of amides is 2. The van der Waals surface area contributed by atoms with E-state index in [1.807, 2.05) is 54.6 Å². The molecule has 1 heterocycles. The van der Waals surface area contributed by atoms with Gasteiger partial charge in [-0.3, -0.25) is 4.90 Å². The number of carbonyl (C=O) groups is 1. The van der Waals surface area contributed by atoms with Gasteiger partial charge in [0, 0.05) is 5.69 Å². The molecule has 2 amide bonds. The van der Waals surface area contributed by atoms with Crippen LogP contribution in [0.25, 0.3) is 0 Å². The minimum atomic E-state index is -0.137. The summed E-state index contributed by atoms with van der Waals surface area (Å²) in [5, 5.41) is 2.88. The van der Waals surface area contributed by atoms with Crippen molar-refractivity contribution in [2.45, 2.75) is 0 Å². The van der Waals surface area contributed by atoms with Crippen molar-refractivity contribution in [3.63, 3.8) is 0 Å². The average Bonchev–Trinajstić information content (AvgIpc) is 2.47. The van der Waals surface area contributed by atoms with Gasteiger partial charge >= 0.3 is 6.03 Å². The van der Waals surface area contributed by atoms with Crippen molar-refractivity contribution in [2.75, 3.05) is 23.4 Å². The number of anilines is 2. The molecule has 1 aliphatic heterocycles. The van der Waals surface area contributed by atoms with Crippen molar-refractivity contribution in [1.29, 1.82) is 0 Å². The second-order valence-electron chi connectivity index (χ2n) is 4.26. The number of carbonyl (C=O) groups excluding carboxylic acids is 1. The Balaban J connectivity index is 1.82. The summed E-state index contributed by atoms with van der Waals surface area (Å²) >= 11 is 0. The molecule has 0 aromatic heterocycles. The van der Waals surface area contributed by atoms with E-state index in [2.05, 4.69) is 5.32 Å². The van der Waals surface area contributed by atoms with Gasteiger partial charge in [-0.2, -0.15) is 0 Å². The lowest BCUT2D eigenvalue weighted by molar-refractivity contribution is 0.250. The monoisotopic (exact) mass is 254 g/mol. The first kappa shape index (κ1) is 11.6. The quantitative estimate of drug-likeness (QED) is 0.849. The average molecular weight is 254 g/mol. The maximum absolute atomic E-state index is 12.3. The van der Waals surface area contributed by atoms with E-state index in [4.69, 9.17) is 4.74 Å². The highest BCUT2D eigenvalue weighted by atomic mass is 16.5. The maximum atomic E-state index is 12.3. The molecule has 3 rings (SSSR count). The Bertz CT molecular complexity index is 584. The van der Waals surface area contributed by atoms with Crippen molar-refractivity contribution in [3.05, 3.63) is 54.6 Å². The molecule has 0 fully saturated rings. The Labute approximate surface area is 111 Å². The van der Waals surface area contributed by atoms with Crippen LogP contribution < -0.4 is 15.0 Å². The first-order valence-corrected chi connectivity index (χ1v) is 6.20. The molecular formula is C15H14N2O2. The predicted molar refractivity (Wildman–Crippen MR) is 74.7 cm³/mol. The number of nitrogens with one attached hydrogen (secondary N) is 1. The van der Waals surface area contributed by atoms with E-state index in [1.54, 1.807) is 4.90 Å². The Kier molecular flexibility index (Phi) is 3.06. The van der Waals surface area contributed by atoms with Gasteiger partial charge in [0.25, 0.3) is 0 Å². The van der Waals surface area contributed by atoms with Crippen molar-refractivity contribution >= 4 is 17.4 Å². The molecule has 19 heavy (non-hydrogen) atoms. The molecule has 2 aromatic rings. The Morgan fingerprint density at radius 1 is 1.05 bits per heavy atom. The van der Waals surface area contributed by atoms with Crippen LogP contribution >= 0.6 is 0 Å². The zero-order valence-electron chi connectivity index (χ0n) is 10.4. The van der Waals surface area contributed by atoms with Crippen LogP contribution in [0.4, 0.5) is 16.2 Å². The van der Waals surface area contributed by atoms with E-state index in [1.165, 1.54) is 0 Å². The van der Waals surface area contributed by atoms with Crippen LogP contribution in [0.1, 0.15) is 0 Å². The minimum absolute atomic E-state index is 0.137. The van der Waals surface area contributed by atoms with Gasteiger partial charge in [0.05, 0.1) is 12.2 Å². The molecule has 0 unspecified atom stereocenters. The van der Waals surface area contributed by atoms with Crippen molar-refractivity contribution < 1.29 is 9.53 Å². The number of para-hydroxylation sites is 3. The molecule has 0 saturated heterocycles. The highest BCUT2D eigenvalue weighted by molar-refractivity contribution is 6.02. The lowest BCUT2D eigenvalue weighted by atomic mass is 10.2. The predicted octanol–water partition coefficient (Wildman–Crippen LogP) is 3.12. The summed E-state index contributed by atoms with van der Waals surface area (Å²) in [5.74, 6) is 0.747. The highest BCUT2D eigenvalue weighted by Crippen LogP contribution is 2.31.